The average Bonchev–Trinajstić information content (AvgIpc) is 1.85. The van der Waals surface area contributed by atoms with Gasteiger partial charge in [0.2, 0.25) is 0 Å². The zero-order chi connectivity index (χ0) is 9.07. The molecular formula is C6H10F3NO. The molecule has 0 aromatic carbocycles. The first-order valence-corrected chi connectivity index (χ1v) is 3.12. The molecule has 0 aromatic rings. The van der Waals surface area contributed by atoms with E-state index in [2.05, 4.69) is 0 Å². The Balaban J connectivity index is 3.88. The van der Waals surface area contributed by atoms with E-state index in [1.807, 2.05) is 0 Å². The summed E-state index contributed by atoms with van der Waals surface area (Å²) in [6, 6.07) is -0.853. The van der Waals surface area contributed by atoms with Crippen molar-refractivity contribution < 1.29 is 18.0 Å². The maximum atomic E-state index is 12.1. The summed E-state index contributed by atoms with van der Waals surface area (Å²) in [5, 5.41) is 1.81. The van der Waals surface area contributed by atoms with E-state index in [1.165, 1.54) is 6.92 Å². The van der Waals surface area contributed by atoms with Gasteiger partial charge in [0.15, 0.2) is 0 Å². The van der Waals surface area contributed by atoms with Crippen molar-refractivity contribution in [3.63, 3.8) is 0 Å². The Morgan fingerprint density at radius 2 is 2.09 bits per heavy atom. The zero-order valence-electron chi connectivity index (χ0n) is 6.33. The molecule has 0 spiro atoms. The lowest BCUT2D eigenvalue weighted by atomic mass is 10.3. The Morgan fingerprint density at radius 3 is 2.36 bits per heavy atom. The van der Waals surface area contributed by atoms with Crippen LogP contribution >= 0.6 is 0 Å². The maximum absolute atomic E-state index is 12.1. The van der Waals surface area contributed by atoms with Crippen molar-refractivity contribution in [2.45, 2.75) is 25.8 Å². The molecule has 0 fully saturated rings. The van der Waals surface area contributed by atoms with Gasteiger partial charge in [0.1, 0.15) is 6.67 Å². The van der Waals surface area contributed by atoms with Crippen molar-refractivity contribution in [3.05, 3.63) is 0 Å². The molecule has 0 radical (unpaired) electrons. The van der Waals surface area contributed by atoms with Gasteiger partial charge in [-0.25, -0.2) is 4.39 Å². The molecule has 1 N–H and O–H groups in total. The maximum Gasteiger partial charge on any atom is 0.321 e. The van der Waals surface area contributed by atoms with E-state index < -0.39 is 24.5 Å². The highest BCUT2D eigenvalue weighted by Crippen LogP contribution is 2.11. The SMILES string of the molecule is CC(CF)NC(=O)C(C)(F)F. The molecule has 0 heterocycles. The van der Waals surface area contributed by atoms with Gasteiger partial charge >= 0.3 is 5.92 Å². The van der Waals surface area contributed by atoms with Crippen molar-refractivity contribution in [2.24, 2.45) is 0 Å². The van der Waals surface area contributed by atoms with Gasteiger partial charge in [-0.05, 0) is 6.92 Å². The van der Waals surface area contributed by atoms with Gasteiger partial charge in [-0.3, -0.25) is 4.79 Å². The molecule has 2 nitrogen and oxygen atoms in total. The number of alkyl halides is 3. The molecule has 66 valence electrons. The molecule has 0 saturated heterocycles. The topological polar surface area (TPSA) is 29.1 Å². The molecule has 0 aromatic heterocycles. The average molecular weight is 169 g/mol. The monoisotopic (exact) mass is 169 g/mol. The molecule has 0 rings (SSSR count). The Morgan fingerprint density at radius 1 is 1.64 bits per heavy atom. The smallest absolute Gasteiger partial charge is 0.321 e. The second-order valence-corrected chi connectivity index (χ2v) is 2.42. The lowest BCUT2D eigenvalue weighted by Gasteiger charge is -2.13. The lowest BCUT2D eigenvalue weighted by molar-refractivity contribution is -0.143. The molecule has 0 aliphatic rings. The van der Waals surface area contributed by atoms with Gasteiger partial charge in [-0.1, -0.05) is 0 Å². The zero-order valence-corrected chi connectivity index (χ0v) is 6.33. The number of nitrogens with one attached hydrogen (secondary N) is 1. The first-order valence-electron chi connectivity index (χ1n) is 3.12. The fourth-order valence-electron chi connectivity index (χ4n) is 0.389. The predicted octanol–water partition coefficient (Wildman–Crippen LogP) is 1.12. The van der Waals surface area contributed by atoms with Gasteiger partial charge in [0, 0.05) is 6.92 Å². The summed E-state index contributed by atoms with van der Waals surface area (Å²) >= 11 is 0. The van der Waals surface area contributed by atoms with E-state index >= 15 is 0 Å². The fourth-order valence-corrected chi connectivity index (χ4v) is 0.389. The van der Waals surface area contributed by atoms with Gasteiger partial charge in [-0.2, -0.15) is 8.78 Å². The number of carbonyl (C=O) groups is 1. The van der Waals surface area contributed by atoms with Crippen LogP contribution in [0.25, 0.3) is 0 Å². The van der Waals surface area contributed by atoms with Crippen LogP contribution in [0.3, 0.4) is 0 Å². The van der Waals surface area contributed by atoms with Crippen LogP contribution in [0.5, 0.6) is 0 Å². The van der Waals surface area contributed by atoms with Gasteiger partial charge in [-0.15, -0.1) is 0 Å². The molecule has 11 heavy (non-hydrogen) atoms. The minimum atomic E-state index is -3.43. The minimum absolute atomic E-state index is 0.466. The molecule has 1 amide bonds. The summed E-state index contributed by atoms with van der Waals surface area (Å²) in [5.41, 5.74) is 0. The predicted molar refractivity (Wildman–Crippen MR) is 34.2 cm³/mol. The number of hydrogen-bond acceptors (Lipinski definition) is 1. The van der Waals surface area contributed by atoms with Crippen LogP contribution in [0.2, 0.25) is 0 Å². The van der Waals surface area contributed by atoms with Crippen molar-refractivity contribution in [2.75, 3.05) is 6.67 Å². The van der Waals surface area contributed by atoms with Crippen LogP contribution in [-0.2, 0) is 4.79 Å². The van der Waals surface area contributed by atoms with E-state index in [-0.39, 0.29) is 0 Å². The van der Waals surface area contributed by atoms with Gasteiger partial charge in [0.25, 0.3) is 5.91 Å². The van der Waals surface area contributed by atoms with Crippen LogP contribution in [0.1, 0.15) is 13.8 Å². The van der Waals surface area contributed by atoms with Crippen LogP contribution < -0.4 is 5.32 Å². The third kappa shape index (κ3) is 3.85. The Kier molecular flexibility index (Phi) is 3.35. The number of rotatable bonds is 3. The van der Waals surface area contributed by atoms with Crippen molar-refractivity contribution in [1.29, 1.82) is 0 Å². The first kappa shape index (κ1) is 10.3. The van der Waals surface area contributed by atoms with Crippen LogP contribution in [0, 0.1) is 0 Å². The standard InChI is InChI=1S/C6H10F3NO/c1-4(3-7)10-5(11)6(2,8)9/h4H,3H2,1-2H3,(H,10,11). The normalized spacial score (nSPS) is 14.3. The molecule has 0 aliphatic carbocycles. The summed E-state index contributed by atoms with van der Waals surface area (Å²) in [7, 11) is 0. The molecule has 0 bridgehead atoms. The highest BCUT2D eigenvalue weighted by molar-refractivity contribution is 5.83. The highest BCUT2D eigenvalue weighted by Gasteiger charge is 2.32. The second-order valence-electron chi connectivity index (χ2n) is 2.42. The summed E-state index contributed by atoms with van der Waals surface area (Å²) < 4.78 is 35.8. The van der Waals surface area contributed by atoms with E-state index in [1.54, 1.807) is 5.32 Å². The largest absolute Gasteiger partial charge is 0.346 e. The van der Waals surface area contributed by atoms with Crippen molar-refractivity contribution >= 4 is 5.91 Å². The quantitative estimate of drug-likeness (QED) is 0.673. The number of hydrogen-bond donors (Lipinski definition) is 1. The second kappa shape index (κ2) is 3.59. The van der Waals surface area contributed by atoms with Crippen molar-refractivity contribution in [3.8, 4) is 0 Å². The van der Waals surface area contributed by atoms with Gasteiger partial charge in [0.05, 0.1) is 6.04 Å². The third-order valence-electron chi connectivity index (χ3n) is 1.01. The Bertz CT molecular complexity index is 143. The molecule has 5 heteroatoms. The fraction of sp³-hybridized carbons (Fsp3) is 0.833. The molecule has 1 unspecified atom stereocenters. The van der Waals surface area contributed by atoms with Crippen LogP contribution in [0.15, 0.2) is 0 Å². The summed E-state index contributed by atoms with van der Waals surface area (Å²) in [6.45, 7) is 0.929. The number of carbonyl (C=O) groups excluding carboxylic acids is 1. The lowest BCUT2D eigenvalue weighted by Crippen LogP contribution is -2.43. The summed E-state index contributed by atoms with van der Waals surface area (Å²) in [4.78, 5) is 10.4. The molecular weight excluding hydrogens is 159 g/mol. The van der Waals surface area contributed by atoms with E-state index in [4.69, 9.17) is 0 Å². The molecule has 1 atom stereocenters. The van der Waals surface area contributed by atoms with E-state index in [0.717, 1.165) is 0 Å². The first-order chi connectivity index (χ1) is 4.88. The number of halogens is 3. The number of amides is 1. The Hall–Kier alpha value is -0.740. The van der Waals surface area contributed by atoms with Crippen LogP contribution in [-0.4, -0.2) is 24.5 Å². The van der Waals surface area contributed by atoms with E-state index in [9.17, 15) is 18.0 Å². The minimum Gasteiger partial charge on any atom is -0.346 e. The molecule has 0 saturated carbocycles. The van der Waals surface area contributed by atoms with Crippen molar-refractivity contribution in [1.82, 2.24) is 5.32 Å². The summed E-state index contributed by atoms with van der Waals surface area (Å²) in [6.07, 6.45) is 0. The third-order valence-corrected chi connectivity index (χ3v) is 1.01. The highest BCUT2D eigenvalue weighted by atomic mass is 19.3. The molecule has 0 aliphatic heterocycles. The Labute approximate surface area is 62.8 Å². The van der Waals surface area contributed by atoms with Crippen LogP contribution in [0.4, 0.5) is 13.2 Å². The van der Waals surface area contributed by atoms with E-state index in [0.29, 0.717) is 6.92 Å². The summed E-state index contributed by atoms with van der Waals surface area (Å²) in [5.74, 6) is -4.87. The van der Waals surface area contributed by atoms with Gasteiger partial charge < -0.3 is 5.32 Å².